The summed E-state index contributed by atoms with van der Waals surface area (Å²) < 4.78 is 5.06. The first-order chi connectivity index (χ1) is 7.70. The Morgan fingerprint density at radius 2 is 1.94 bits per heavy atom. The lowest BCUT2D eigenvalue weighted by molar-refractivity contribution is -0.130. The van der Waals surface area contributed by atoms with E-state index in [-0.39, 0.29) is 29.3 Å². The largest absolute Gasteiger partial charge is 0.385 e. The Balaban J connectivity index is 2.17. The zero-order chi connectivity index (χ0) is 11.6. The maximum atomic E-state index is 12.1. The van der Waals surface area contributed by atoms with Crippen LogP contribution in [0.2, 0.25) is 0 Å². The van der Waals surface area contributed by atoms with Crippen LogP contribution in [0.3, 0.4) is 0 Å². The molecule has 16 heavy (non-hydrogen) atoms. The summed E-state index contributed by atoms with van der Waals surface area (Å²) >= 11 is 0. The summed E-state index contributed by atoms with van der Waals surface area (Å²) in [6.07, 6.45) is 6.15. The monoisotopic (exact) mass is 224 g/mol. The standard InChI is InChI=1S/C13H20O3/c1-16-8-5-10-11(14)9-12(15)13(10)6-3-2-4-7-13/h10H,2-9H2,1H3. The van der Waals surface area contributed by atoms with Crippen molar-refractivity contribution in [3.05, 3.63) is 0 Å². The van der Waals surface area contributed by atoms with E-state index in [1.165, 1.54) is 6.42 Å². The number of methoxy groups -OCH3 is 1. The van der Waals surface area contributed by atoms with Crippen molar-refractivity contribution in [1.82, 2.24) is 0 Å². The van der Waals surface area contributed by atoms with Crippen LogP contribution in [0.5, 0.6) is 0 Å². The van der Waals surface area contributed by atoms with Gasteiger partial charge in [0.05, 0.1) is 6.42 Å². The van der Waals surface area contributed by atoms with Crippen LogP contribution in [0.1, 0.15) is 44.9 Å². The Kier molecular flexibility index (Phi) is 3.43. The highest BCUT2D eigenvalue weighted by Crippen LogP contribution is 2.50. The van der Waals surface area contributed by atoms with Crippen LogP contribution in [0.4, 0.5) is 0 Å². The van der Waals surface area contributed by atoms with Gasteiger partial charge in [0.25, 0.3) is 0 Å². The van der Waals surface area contributed by atoms with Crippen LogP contribution in [-0.4, -0.2) is 25.3 Å². The Morgan fingerprint density at radius 1 is 1.25 bits per heavy atom. The van der Waals surface area contributed by atoms with E-state index in [0.717, 1.165) is 32.1 Å². The van der Waals surface area contributed by atoms with Gasteiger partial charge in [0.2, 0.25) is 0 Å². The highest BCUT2D eigenvalue weighted by atomic mass is 16.5. The van der Waals surface area contributed by atoms with Crippen molar-refractivity contribution in [2.45, 2.75) is 44.9 Å². The summed E-state index contributed by atoms with van der Waals surface area (Å²) in [6.45, 7) is 0.589. The molecule has 2 saturated carbocycles. The van der Waals surface area contributed by atoms with Crippen molar-refractivity contribution in [2.75, 3.05) is 13.7 Å². The minimum atomic E-state index is -0.298. The van der Waals surface area contributed by atoms with Gasteiger partial charge < -0.3 is 4.74 Å². The fourth-order valence-corrected chi connectivity index (χ4v) is 3.44. The number of carbonyl (C=O) groups excluding carboxylic acids is 2. The van der Waals surface area contributed by atoms with Gasteiger partial charge in [0, 0.05) is 25.0 Å². The number of hydrogen-bond donors (Lipinski definition) is 0. The molecule has 1 unspecified atom stereocenters. The second kappa shape index (κ2) is 4.66. The molecule has 0 aromatic carbocycles. The zero-order valence-electron chi connectivity index (χ0n) is 9.96. The van der Waals surface area contributed by atoms with E-state index in [0.29, 0.717) is 6.61 Å². The van der Waals surface area contributed by atoms with Crippen molar-refractivity contribution < 1.29 is 14.3 Å². The quantitative estimate of drug-likeness (QED) is 0.690. The predicted octanol–water partition coefficient (Wildman–Crippen LogP) is 2.13. The minimum Gasteiger partial charge on any atom is -0.385 e. The predicted molar refractivity (Wildman–Crippen MR) is 60.1 cm³/mol. The first-order valence-corrected chi connectivity index (χ1v) is 6.25. The van der Waals surface area contributed by atoms with Gasteiger partial charge in [-0.3, -0.25) is 9.59 Å². The van der Waals surface area contributed by atoms with E-state index in [2.05, 4.69) is 0 Å². The van der Waals surface area contributed by atoms with Gasteiger partial charge in [-0.1, -0.05) is 19.3 Å². The summed E-state index contributed by atoms with van der Waals surface area (Å²) in [4.78, 5) is 24.0. The molecule has 1 spiro atoms. The number of ketones is 2. The fraction of sp³-hybridized carbons (Fsp3) is 0.846. The van der Waals surface area contributed by atoms with Crippen molar-refractivity contribution in [3.63, 3.8) is 0 Å². The maximum Gasteiger partial charge on any atom is 0.147 e. The van der Waals surface area contributed by atoms with E-state index in [1.54, 1.807) is 7.11 Å². The Labute approximate surface area is 96.5 Å². The second-order valence-corrected chi connectivity index (χ2v) is 5.12. The molecule has 1 atom stereocenters. The molecule has 2 rings (SSSR count). The molecule has 0 saturated heterocycles. The fourth-order valence-electron chi connectivity index (χ4n) is 3.44. The summed E-state index contributed by atoms with van der Waals surface area (Å²) in [6, 6.07) is 0. The molecule has 0 bridgehead atoms. The Bertz CT molecular complexity index is 290. The van der Waals surface area contributed by atoms with Crippen molar-refractivity contribution in [3.8, 4) is 0 Å². The summed E-state index contributed by atoms with van der Waals surface area (Å²) in [5.41, 5.74) is -0.298. The van der Waals surface area contributed by atoms with Gasteiger partial charge in [-0.15, -0.1) is 0 Å². The zero-order valence-corrected chi connectivity index (χ0v) is 9.96. The molecule has 0 radical (unpaired) electrons. The first kappa shape index (κ1) is 11.8. The maximum absolute atomic E-state index is 12.1. The number of rotatable bonds is 3. The van der Waals surface area contributed by atoms with Gasteiger partial charge in [-0.25, -0.2) is 0 Å². The molecule has 2 fully saturated rings. The molecule has 3 heteroatoms. The molecule has 0 aliphatic heterocycles. The van der Waals surface area contributed by atoms with Crippen molar-refractivity contribution >= 4 is 11.6 Å². The van der Waals surface area contributed by atoms with Gasteiger partial charge >= 0.3 is 0 Å². The molecule has 0 aromatic rings. The topological polar surface area (TPSA) is 43.4 Å². The van der Waals surface area contributed by atoms with Crippen LogP contribution in [0, 0.1) is 11.3 Å². The lowest BCUT2D eigenvalue weighted by Gasteiger charge is -2.36. The number of hydrogen-bond acceptors (Lipinski definition) is 3. The van der Waals surface area contributed by atoms with Gasteiger partial charge in [-0.2, -0.15) is 0 Å². The van der Waals surface area contributed by atoms with Crippen LogP contribution in [0.25, 0.3) is 0 Å². The molecule has 0 N–H and O–H groups in total. The van der Waals surface area contributed by atoms with E-state index in [9.17, 15) is 9.59 Å². The molecule has 2 aliphatic carbocycles. The molecule has 0 amide bonds. The van der Waals surface area contributed by atoms with Gasteiger partial charge in [0.15, 0.2) is 0 Å². The highest BCUT2D eigenvalue weighted by molar-refractivity contribution is 6.10. The third-order valence-electron chi connectivity index (χ3n) is 4.30. The van der Waals surface area contributed by atoms with E-state index in [1.807, 2.05) is 0 Å². The molecule has 0 aromatic heterocycles. The smallest absolute Gasteiger partial charge is 0.147 e. The minimum absolute atomic E-state index is 0.0553. The van der Waals surface area contributed by atoms with Crippen molar-refractivity contribution in [2.24, 2.45) is 11.3 Å². The number of carbonyl (C=O) groups is 2. The molecular weight excluding hydrogens is 204 g/mol. The van der Waals surface area contributed by atoms with E-state index in [4.69, 9.17) is 4.74 Å². The van der Waals surface area contributed by atoms with Crippen LogP contribution < -0.4 is 0 Å². The van der Waals surface area contributed by atoms with Crippen molar-refractivity contribution in [1.29, 1.82) is 0 Å². The van der Waals surface area contributed by atoms with Crippen LogP contribution in [-0.2, 0) is 14.3 Å². The third-order valence-corrected chi connectivity index (χ3v) is 4.30. The molecule has 0 heterocycles. The number of ether oxygens (including phenoxy) is 1. The average Bonchev–Trinajstić information content (AvgIpc) is 2.50. The molecule has 2 aliphatic rings. The van der Waals surface area contributed by atoms with Gasteiger partial charge in [-0.05, 0) is 19.3 Å². The van der Waals surface area contributed by atoms with Gasteiger partial charge in [0.1, 0.15) is 11.6 Å². The summed E-state index contributed by atoms with van der Waals surface area (Å²) in [5, 5.41) is 0. The number of Topliss-reactive ketones (excluding diaryl/α,β-unsaturated/α-hetero) is 2. The molecule has 90 valence electrons. The summed E-state index contributed by atoms with van der Waals surface area (Å²) in [5.74, 6) is 0.308. The normalized spacial score (nSPS) is 28.9. The second-order valence-electron chi connectivity index (χ2n) is 5.12. The Morgan fingerprint density at radius 3 is 2.56 bits per heavy atom. The lowest BCUT2D eigenvalue weighted by atomic mass is 9.66. The Hall–Kier alpha value is -0.700. The highest BCUT2D eigenvalue weighted by Gasteiger charge is 2.53. The van der Waals surface area contributed by atoms with Crippen LogP contribution in [0.15, 0.2) is 0 Å². The van der Waals surface area contributed by atoms with E-state index >= 15 is 0 Å². The first-order valence-electron chi connectivity index (χ1n) is 6.25. The SMILES string of the molecule is COCCC1C(=O)CC(=O)C12CCCCC2. The summed E-state index contributed by atoms with van der Waals surface area (Å²) in [7, 11) is 1.65. The molecule has 3 nitrogen and oxygen atoms in total. The lowest BCUT2D eigenvalue weighted by Crippen LogP contribution is -2.36. The third kappa shape index (κ3) is 1.81. The molecular formula is C13H20O3. The average molecular weight is 224 g/mol. The van der Waals surface area contributed by atoms with Crippen LogP contribution >= 0.6 is 0 Å². The van der Waals surface area contributed by atoms with E-state index < -0.39 is 0 Å².